The molecule has 0 spiro atoms. The highest BCUT2D eigenvalue weighted by Gasteiger charge is 2.32. The largest absolute Gasteiger partial charge is 0.377 e. The molecule has 0 radical (unpaired) electrons. The fourth-order valence-corrected chi connectivity index (χ4v) is 3.17. The average molecular weight is 337 g/mol. The number of rotatable bonds is 3. The van der Waals surface area contributed by atoms with Crippen LogP contribution in [0.4, 0.5) is 0 Å². The number of hydrogen-bond acceptors (Lipinski definition) is 4. The number of hydrogen-bond donors (Lipinski definition) is 0. The van der Waals surface area contributed by atoms with Crippen molar-refractivity contribution in [1.82, 2.24) is 14.6 Å². The van der Waals surface area contributed by atoms with Crippen molar-refractivity contribution in [1.29, 1.82) is 0 Å². The Kier molecular flexibility index (Phi) is 4.11. The van der Waals surface area contributed by atoms with Crippen LogP contribution >= 0.6 is 0 Å². The van der Waals surface area contributed by atoms with E-state index in [2.05, 4.69) is 5.16 Å². The molecule has 25 heavy (non-hydrogen) atoms. The van der Waals surface area contributed by atoms with Crippen LogP contribution in [0.15, 0.2) is 59.3 Å². The van der Waals surface area contributed by atoms with E-state index in [4.69, 9.17) is 9.26 Å². The molecule has 0 N–H and O–H groups in total. The van der Waals surface area contributed by atoms with Gasteiger partial charge in [-0.2, -0.15) is 0 Å². The van der Waals surface area contributed by atoms with Gasteiger partial charge in [0.1, 0.15) is 5.69 Å². The highest BCUT2D eigenvalue weighted by atomic mass is 16.5. The third-order valence-corrected chi connectivity index (χ3v) is 4.51. The Morgan fingerprint density at radius 2 is 2.04 bits per heavy atom. The van der Waals surface area contributed by atoms with Crippen molar-refractivity contribution >= 4 is 5.91 Å². The van der Waals surface area contributed by atoms with E-state index in [0.717, 1.165) is 11.3 Å². The monoisotopic (exact) mass is 337 g/mol. The molecular formula is C19H19N3O3. The van der Waals surface area contributed by atoms with Crippen molar-refractivity contribution in [2.75, 3.05) is 19.8 Å². The van der Waals surface area contributed by atoms with Gasteiger partial charge in [-0.15, -0.1) is 0 Å². The zero-order valence-electron chi connectivity index (χ0n) is 14.0. The van der Waals surface area contributed by atoms with Crippen molar-refractivity contribution < 1.29 is 14.1 Å². The summed E-state index contributed by atoms with van der Waals surface area (Å²) in [5.74, 6) is 0.0872. The van der Waals surface area contributed by atoms with E-state index >= 15 is 0 Å². The van der Waals surface area contributed by atoms with E-state index < -0.39 is 0 Å². The Bertz CT molecular complexity index is 869. The first kappa shape index (κ1) is 15.7. The van der Waals surface area contributed by atoms with Crippen LogP contribution in [0.1, 0.15) is 22.3 Å². The standard InChI is InChI=1S/C19H19N3O3/c1-21-9-5-8-16(21)17-13-24-11-10-22(17)19(23)18-12-15(20-25-18)14-6-3-2-4-7-14/h2-9,12,17H,10-11,13H2,1H3. The number of carbonyl (C=O) groups is 1. The Balaban J connectivity index is 1.61. The van der Waals surface area contributed by atoms with Gasteiger partial charge in [0.25, 0.3) is 5.91 Å². The van der Waals surface area contributed by atoms with Crippen LogP contribution in [0.2, 0.25) is 0 Å². The normalized spacial score (nSPS) is 17.6. The SMILES string of the molecule is Cn1cccc1C1COCCN1C(=O)c1cc(-c2ccccc2)no1. The molecule has 2 aromatic heterocycles. The van der Waals surface area contributed by atoms with Crippen LogP contribution in [-0.4, -0.2) is 40.3 Å². The molecule has 4 rings (SSSR count). The summed E-state index contributed by atoms with van der Waals surface area (Å²) in [6, 6.07) is 15.2. The molecule has 1 saturated heterocycles. The Morgan fingerprint density at radius 3 is 2.80 bits per heavy atom. The summed E-state index contributed by atoms with van der Waals surface area (Å²) in [5, 5.41) is 4.05. The van der Waals surface area contributed by atoms with Crippen molar-refractivity contribution in [3.63, 3.8) is 0 Å². The molecule has 1 amide bonds. The predicted octanol–water partition coefficient (Wildman–Crippen LogP) is 2.89. The van der Waals surface area contributed by atoms with E-state index in [-0.39, 0.29) is 17.7 Å². The van der Waals surface area contributed by atoms with Crippen molar-refractivity contribution in [2.45, 2.75) is 6.04 Å². The van der Waals surface area contributed by atoms with Crippen molar-refractivity contribution in [3.8, 4) is 11.3 Å². The van der Waals surface area contributed by atoms with Crippen molar-refractivity contribution in [3.05, 3.63) is 66.2 Å². The average Bonchev–Trinajstić information content (AvgIpc) is 3.31. The molecule has 1 unspecified atom stereocenters. The lowest BCUT2D eigenvalue weighted by Gasteiger charge is -2.35. The predicted molar refractivity (Wildman–Crippen MR) is 91.9 cm³/mol. The lowest BCUT2D eigenvalue weighted by atomic mass is 10.1. The zero-order chi connectivity index (χ0) is 17.2. The highest BCUT2D eigenvalue weighted by molar-refractivity contribution is 5.92. The number of carbonyl (C=O) groups excluding carboxylic acids is 1. The van der Waals surface area contributed by atoms with Gasteiger partial charge in [-0.25, -0.2) is 0 Å². The summed E-state index contributed by atoms with van der Waals surface area (Å²) in [7, 11) is 1.97. The van der Waals surface area contributed by atoms with Crippen molar-refractivity contribution in [2.24, 2.45) is 7.05 Å². The molecule has 6 heteroatoms. The van der Waals surface area contributed by atoms with Gasteiger partial charge in [-0.05, 0) is 12.1 Å². The molecule has 0 saturated carbocycles. The molecule has 0 bridgehead atoms. The molecule has 1 aliphatic rings. The first-order valence-electron chi connectivity index (χ1n) is 8.26. The van der Waals surface area contributed by atoms with E-state index in [0.29, 0.717) is 25.5 Å². The van der Waals surface area contributed by atoms with Gasteiger partial charge in [0.05, 0.1) is 19.3 Å². The maximum absolute atomic E-state index is 13.0. The fourth-order valence-electron chi connectivity index (χ4n) is 3.17. The van der Waals surface area contributed by atoms with E-state index in [1.807, 2.05) is 60.3 Å². The molecule has 128 valence electrons. The molecule has 1 aliphatic heterocycles. The lowest BCUT2D eigenvalue weighted by molar-refractivity contribution is -0.00654. The number of aryl methyl sites for hydroxylation is 1. The van der Waals surface area contributed by atoms with Crippen LogP contribution in [-0.2, 0) is 11.8 Å². The minimum absolute atomic E-state index is 0.133. The number of ether oxygens (including phenoxy) is 1. The second-order valence-electron chi connectivity index (χ2n) is 6.08. The molecule has 1 fully saturated rings. The Morgan fingerprint density at radius 1 is 1.20 bits per heavy atom. The third-order valence-electron chi connectivity index (χ3n) is 4.51. The maximum Gasteiger partial charge on any atom is 0.293 e. The minimum atomic E-state index is -0.163. The Labute approximate surface area is 145 Å². The summed E-state index contributed by atoms with van der Waals surface area (Å²) in [5.41, 5.74) is 2.62. The number of aromatic nitrogens is 2. The smallest absolute Gasteiger partial charge is 0.293 e. The second kappa shape index (κ2) is 6.57. The van der Waals surface area contributed by atoms with Crippen LogP contribution < -0.4 is 0 Å². The summed E-state index contributed by atoms with van der Waals surface area (Å²) >= 11 is 0. The summed E-state index contributed by atoms with van der Waals surface area (Å²) in [4.78, 5) is 14.8. The van der Waals surface area contributed by atoms with Crippen LogP contribution in [0.25, 0.3) is 11.3 Å². The molecule has 3 aromatic rings. The molecule has 1 aromatic carbocycles. The number of amides is 1. The van der Waals surface area contributed by atoms with Gasteiger partial charge in [-0.1, -0.05) is 35.5 Å². The summed E-state index contributed by atoms with van der Waals surface area (Å²) < 4.78 is 12.9. The number of morpholine rings is 1. The van der Waals surface area contributed by atoms with Gasteiger partial charge < -0.3 is 18.7 Å². The molecule has 0 aliphatic carbocycles. The van der Waals surface area contributed by atoms with Gasteiger partial charge in [-0.3, -0.25) is 4.79 Å². The van der Waals surface area contributed by atoms with Gasteiger partial charge in [0, 0.05) is 37.1 Å². The quantitative estimate of drug-likeness (QED) is 0.737. The van der Waals surface area contributed by atoms with Crippen LogP contribution in [0.5, 0.6) is 0 Å². The number of benzene rings is 1. The van der Waals surface area contributed by atoms with Gasteiger partial charge >= 0.3 is 0 Å². The molecular weight excluding hydrogens is 318 g/mol. The maximum atomic E-state index is 13.0. The fraction of sp³-hybridized carbons (Fsp3) is 0.263. The summed E-state index contributed by atoms with van der Waals surface area (Å²) in [6.07, 6.45) is 1.97. The van der Waals surface area contributed by atoms with E-state index in [1.54, 1.807) is 11.0 Å². The molecule has 6 nitrogen and oxygen atoms in total. The Hall–Kier alpha value is -2.86. The first-order chi connectivity index (χ1) is 12.2. The van der Waals surface area contributed by atoms with E-state index in [1.165, 1.54) is 0 Å². The van der Waals surface area contributed by atoms with Gasteiger partial charge in [0.15, 0.2) is 0 Å². The van der Waals surface area contributed by atoms with Crippen LogP contribution in [0, 0.1) is 0 Å². The highest BCUT2D eigenvalue weighted by Crippen LogP contribution is 2.27. The number of nitrogens with zero attached hydrogens (tertiary/aromatic N) is 3. The first-order valence-corrected chi connectivity index (χ1v) is 8.26. The lowest BCUT2D eigenvalue weighted by Crippen LogP contribution is -2.43. The van der Waals surface area contributed by atoms with E-state index in [9.17, 15) is 4.79 Å². The second-order valence-corrected chi connectivity index (χ2v) is 6.08. The molecule has 1 atom stereocenters. The van der Waals surface area contributed by atoms with Crippen LogP contribution in [0.3, 0.4) is 0 Å². The minimum Gasteiger partial charge on any atom is -0.377 e. The third kappa shape index (κ3) is 2.96. The van der Waals surface area contributed by atoms with Gasteiger partial charge in [0.2, 0.25) is 5.76 Å². The zero-order valence-corrected chi connectivity index (χ0v) is 14.0. The summed E-state index contributed by atoms with van der Waals surface area (Å²) in [6.45, 7) is 1.52. The molecule has 3 heterocycles. The topological polar surface area (TPSA) is 60.5 Å².